The summed E-state index contributed by atoms with van der Waals surface area (Å²) in [6.07, 6.45) is 8.30. The Balaban J connectivity index is 0.00000323. The standard InChI is InChI=1S/C30H36N4O6S.2ClH/c31-29(36)20-41(38,39)34-30(37)26-13-12-23(17-28(26)40-25-6-2-1-3-7-25)22-10-8-21(9-11-22)14-16-33-19-27(35)24-5-4-15-32-18-24;;/h4-5,8-13,15,17-18,25,27,33,35H,1-3,6-7,14,16,19-20H2,(H2,31,36)(H,34,37);2*1H/t27-;;/m1../s1. The third kappa shape index (κ3) is 11.1. The van der Waals surface area contributed by atoms with Crippen molar-refractivity contribution in [2.75, 3.05) is 18.8 Å². The molecule has 13 heteroatoms. The Bertz CT molecular complexity index is 1440. The number of aliphatic hydroxyl groups excluding tert-OH is 1. The maximum atomic E-state index is 12.9. The first-order chi connectivity index (χ1) is 19.7. The second-order valence-corrected chi connectivity index (χ2v) is 11.9. The van der Waals surface area contributed by atoms with Crippen LogP contribution in [0.15, 0.2) is 67.0 Å². The molecule has 5 N–H and O–H groups in total. The van der Waals surface area contributed by atoms with Crippen molar-refractivity contribution < 1.29 is 27.9 Å². The van der Waals surface area contributed by atoms with Crippen LogP contribution in [0.2, 0.25) is 0 Å². The van der Waals surface area contributed by atoms with E-state index in [-0.39, 0.29) is 36.5 Å². The minimum absolute atomic E-state index is 0. The monoisotopic (exact) mass is 652 g/mol. The Morgan fingerprint density at radius 1 is 1.02 bits per heavy atom. The second kappa shape index (κ2) is 17.2. The summed E-state index contributed by atoms with van der Waals surface area (Å²) in [5.74, 6) is -2.62. The van der Waals surface area contributed by atoms with Crippen LogP contribution in [0, 0.1) is 0 Å². The Kier molecular flexibility index (Phi) is 14.4. The number of rotatable bonds is 13. The highest BCUT2D eigenvalue weighted by atomic mass is 35.5. The van der Waals surface area contributed by atoms with Gasteiger partial charge in [-0.25, -0.2) is 13.1 Å². The van der Waals surface area contributed by atoms with Gasteiger partial charge in [-0.3, -0.25) is 14.6 Å². The predicted octanol–water partition coefficient (Wildman–Crippen LogP) is 3.71. The lowest BCUT2D eigenvalue weighted by atomic mass is 9.97. The van der Waals surface area contributed by atoms with Gasteiger partial charge in [0.25, 0.3) is 5.91 Å². The van der Waals surface area contributed by atoms with Crippen LogP contribution in [0.25, 0.3) is 11.1 Å². The Morgan fingerprint density at radius 2 is 1.72 bits per heavy atom. The van der Waals surface area contributed by atoms with Crippen LogP contribution in [-0.2, 0) is 21.2 Å². The molecule has 1 heterocycles. The molecule has 1 atom stereocenters. The number of primary amides is 1. The molecular weight excluding hydrogens is 615 g/mol. The van der Waals surface area contributed by atoms with Crippen molar-refractivity contribution in [3.05, 3.63) is 83.7 Å². The quantitative estimate of drug-likeness (QED) is 0.203. The number of carbonyl (C=O) groups is 2. The van der Waals surface area contributed by atoms with E-state index in [2.05, 4.69) is 10.3 Å². The number of pyridine rings is 1. The largest absolute Gasteiger partial charge is 0.490 e. The van der Waals surface area contributed by atoms with Crippen molar-refractivity contribution in [3.8, 4) is 16.9 Å². The van der Waals surface area contributed by atoms with Gasteiger partial charge in [-0.1, -0.05) is 42.8 Å². The maximum absolute atomic E-state index is 12.9. The summed E-state index contributed by atoms with van der Waals surface area (Å²) in [6, 6.07) is 16.7. The first kappa shape index (κ1) is 36.0. The maximum Gasteiger partial charge on any atom is 0.268 e. The molecule has 0 aliphatic heterocycles. The zero-order valence-electron chi connectivity index (χ0n) is 23.6. The van der Waals surface area contributed by atoms with Crippen molar-refractivity contribution in [1.82, 2.24) is 15.0 Å². The fourth-order valence-electron chi connectivity index (χ4n) is 4.80. The summed E-state index contributed by atoms with van der Waals surface area (Å²) in [5, 5.41) is 13.5. The summed E-state index contributed by atoms with van der Waals surface area (Å²) in [4.78, 5) is 28.0. The van der Waals surface area contributed by atoms with Crippen LogP contribution in [0.5, 0.6) is 5.75 Å². The summed E-state index contributed by atoms with van der Waals surface area (Å²) >= 11 is 0. The molecule has 0 spiro atoms. The average molecular weight is 654 g/mol. The lowest BCUT2D eigenvalue weighted by molar-refractivity contribution is -0.115. The number of hydrogen-bond acceptors (Lipinski definition) is 8. The van der Waals surface area contributed by atoms with E-state index in [1.54, 1.807) is 30.6 Å². The molecule has 1 fully saturated rings. The van der Waals surface area contributed by atoms with Crippen molar-refractivity contribution in [2.24, 2.45) is 5.73 Å². The molecule has 3 aromatic rings. The summed E-state index contributed by atoms with van der Waals surface area (Å²) < 4.78 is 32.4. The average Bonchev–Trinajstić information content (AvgIpc) is 2.95. The number of carbonyl (C=O) groups excluding carboxylic acids is 2. The van der Waals surface area contributed by atoms with Gasteiger partial charge in [0.1, 0.15) is 11.5 Å². The smallest absolute Gasteiger partial charge is 0.268 e. The lowest BCUT2D eigenvalue weighted by Gasteiger charge is -2.24. The van der Waals surface area contributed by atoms with Gasteiger partial charge in [-0.15, -0.1) is 24.8 Å². The molecule has 2 amide bonds. The molecule has 0 bridgehead atoms. The van der Waals surface area contributed by atoms with E-state index >= 15 is 0 Å². The van der Waals surface area contributed by atoms with Gasteiger partial charge in [0.2, 0.25) is 15.9 Å². The van der Waals surface area contributed by atoms with Gasteiger partial charge < -0.3 is 20.9 Å². The summed E-state index contributed by atoms with van der Waals surface area (Å²) in [5.41, 5.74) is 8.69. The van der Waals surface area contributed by atoms with Crippen LogP contribution in [0.4, 0.5) is 0 Å². The molecule has 1 aromatic heterocycles. The van der Waals surface area contributed by atoms with Crippen LogP contribution in [0.3, 0.4) is 0 Å². The molecule has 4 rings (SSSR count). The number of halogens is 2. The van der Waals surface area contributed by atoms with Crippen molar-refractivity contribution in [1.29, 1.82) is 0 Å². The normalized spacial score (nSPS) is 14.1. The van der Waals surface area contributed by atoms with E-state index in [0.29, 0.717) is 18.8 Å². The van der Waals surface area contributed by atoms with Crippen molar-refractivity contribution >= 4 is 46.7 Å². The van der Waals surface area contributed by atoms with Crippen LogP contribution < -0.4 is 20.5 Å². The molecular formula is C30H38Cl2N4O6S. The molecule has 1 aliphatic carbocycles. The van der Waals surface area contributed by atoms with E-state index in [1.807, 2.05) is 35.1 Å². The highest BCUT2D eigenvalue weighted by Crippen LogP contribution is 2.31. The van der Waals surface area contributed by atoms with E-state index in [1.165, 1.54) is 6.07 Å². The van der Waals surface area contributed by atoms with E-state index in [0.717, 1.165) is 60.8 Å². The second-order valence-electron chi connectivity index (χ2n) is 10.2. The molecule has 10 nitrogen and oxygen atoms in total. The number of hydrogen-bond donors (Lipinski definition) is 4. The fraction of sp³-hybridized carbons (Fsp3) is 0.367. The Morgan fingerprint density at radius 3 is 2.37 bits per heavy atom. The number of sulfonamides is 1. The SMILES string of the molecule is Cl.Cl.NC(=O)CS(=O)(=O)NC(=O)c1ccc(-c2ccc(CCNC[C@@H](O)c3cccnc3)cc2)cc1OC1CCCCC1. The van der Waals surface area contributed by atoms with Crippen LogP contribution in [0.1, 0.15) is 59.7 Å². The zero-order chi connectivity index (χ0) is 29.2. The minimum Gasteiger partial charge on any atom is -0.490 e. The molecule has 2 aromatic carbocycles. The first-order valence-electron chi connectivity index (χ1n) is 13.7. The third-order valence-electron chi connectivity index (χ3n) is 6.94. The Hall–Kier alpha value is -3.22. The van der Waals surface area contributed by atoms with Gasteiger partial charge in [0.15, 0.2) is 0 Å². The third-order valence-corrected chi connectivity index (χ3v) is 8.10. The van der Waals surface area contributed by atoms with Gasteiger partial charge in [0, 0.05) is 24.5 Å². The van der Waals surface area contributed by atoms with Gasteiger partial charge in [0.05, 0.1) is 17.8 Å². The molecule has 0 saturated heterocycles. The number of aromatic nitrogens is 1. The fourth-order valence-corrected chi connectivity index (χ4v) is 5.63. The number of benzene rings is 2. The van der Waals surface area contributed by atoms with Gasteiger partial charge in [-0.05, 0) is 73.5 Å². The van der Waals surface area contributed by atoms with Crippen molar-refractivity contribution in [2.45, 2.75) is 50.7 Å². The predicted molar refractivity (Wildman–Crippen MR) is 170 cm³/mol. The van der Waals surface area contributed by atoms with E-state index in [9.17, 15) is 23.1 Å². The molecule has 234 valence electrons. The molecule has 0 unspecified atom stereocenters. The summed E-state index contributed by atoms with van der Waals surface area (Å²) in [7, 11) is -4.23. The number of nitrogens with zero attached hydrogens (tertiary/aromatic N) is 1. The molecule has 1 saturated carbocycles. The number of ether oxygens (including phenoxy) is 1. The first-order valence-corrected chi connectivity index (χ1v) is 15.4. The topological polar surface area (TPSA) is 161 Å². The molecule has 0 radical (unpaired) electrons. The highest BCUT2D eigenvalue weighted by Gasteiger charge is 2.24. The minimum atomic E-state index is -4.23. The van der Waals surface area contributed by atoms with E-state index in [4.69, 9.17) is 10.5 Å². The lowest BCUT2D eigenvalue weighted by Crippen LogP contribution is -2.37. The highest BCUT2D eigenvalue weighted by molar-refractivity contribution is 7.90. The molecule has 1 aliphatic rings. The summed E-state index contributed by atoms with van der Waals surface area (Å²) in [6.45, 7) is 1.12. The Labute approximate surface area is 264 Å². The van der Waals surface area contributed by atoms with Crippen LogP contribution in [-0.4, -0.2) is 55.3 Å². The van der Waals surface area contributed by atoms with Gasteiger partial charge >= 0.3 is 0 Å². The number of amides is 2. The van der Waals surface area contributed by atoms with Crippen LogP contribution >= 0.6 is 24.8 Å². The zero-order valence-corrected chi connectivity index (χ0v) is 26.1. The van der Waals surface area contributed by atoms with Crippen molar-refractivity contribution in [3.63, 3.8) is 0 Å². The van der Waals surface area contributed by atoms with E-state index < -0.39 is 33.7 Å². The molecule has 43 heavy (non-hydrogen) atoms. The number of nitrogens with two attached hydrogens (primary N) is 1. The number of aliphatic hydroxyl groups is 1. The number of nitrogens with one attached hydrogen (secondary N) is 2. The van der Waals surface area contributed by atoms with Gasteiger partial charge in [-0.2, -0.15) is 0 Å².